The summed E-state index contributed by atoms with van der Waals surface area (Å²) in [4.78, 5) is 14.1. The van der Waals surface area contributed by atoms with E-state index in [9.17, 15) is 4.79 Å². The van der Waals surface area contributed by atoms with Gasteiger partial charge in [-0.1, -0.05) is 42.1 Å². The molecule has 0 radical (unpaired) electrons. The van der Waals surface area contributed by atoms with Gasteiger partial charge in [-0.3, -0.25) is 4.79 Å². The number of aromatic nitrogens is 2. The van der Waals surface area contributed by atoms with Crippen LogP contribution in [0.3, 0.4) is 0 Å². The van der Waals surface area contributed by atoms with Gasteiger partial charge in [-0.2, -0.15) is 0 Å². The highest BCUT2D eigenvalue weighted by Crippen LogP contribution is 2.19. The van der Waals surface area contributed by atoms with Crippen molar-refractivity contribution < 1.29 is 9.21 Å². The highest BCUT2D eigenvalue weighted by Gasteiger charge is 2.10. The van der Waals surface area contributed by atoms with Crippen molar-refractivity contribution in [2.45, 2.75) is 11.6 Å². The first-order chi connectivity index (χ1) is 12.6. The first kappa shape index (κ1) is 18.0. The van der Waals surface area contributed by atoms with Gasteiger partial charge in [0.2, 0.25) is 11.8 Å². The van der Waals surface area contributed by atoms with Crippen LogP contribution in [-0.4, -0.2) is 36.0 Å². The zero-order valence-electron chi connectivity index (χ0n) is 14.7. The van der Waals surface area contributed by atoms with Gasteiger partial charge < -0.3 is 14.6 Å². The summed E-state index contributed by atoms with van der Waals surface area (Å²) in [5.41, 5.74) is 2.94. The monoisotopic (exact) mass is 368 g/mol. The first-order valence-corrected chi connectivity index (χ1v) is 9.15. The van der Waals surface area contributed by atoms with Gasteiger partial charge in [-0.05, 0) is 29.8 Å². The molecular weight excluding hydrogens is 348 g/mol. The number of amides is 1. The molecule has 0 atom stereocenters. The molecule has 0 saturated carbocycles. The van der Waals surface area contributed by atoms with Crippen molar-refractivity contribution >= 4 is 29.0 Å². The van der Waals surface area contributed by atoms with E-state index in [1.54, 1.807) is 0 Å². The summed E-state index contributed by atoms with van der Waals surface area (Å²) >= 11 is 1.23. The molecule has 3 rings (SSSR count). The van der Waals surface area contributed by atoms with Gasteiger partial charge in [0.1, 0.15) is 0 Å². The Bertz CT molecular complexity index is 847. The second-order valence-electron chi connectivity index (χ2n) is 5.90. The largest absolute Gasteiger partial charge is 0.416 e. The molecule has 0 unspecified atom stereocenters. The molecule has 1 aromatic heterocycles. The van der Waals surface area contributed by atoms with Gasteiger partial charge >= 0.3 is 0 Å². The van der Waals surface area contributed by atoms with Crippen molar-refractivity contribution in [3.05, 3.63) is 66.1 Å². The molecule has 0 spiro atoms. The fraction of sp³-hybridized carbons (Fsp3) is 0.211. The number of carbonyl (C=O) groups is 1. The minimum Gasteiger partial charge on any atom is -0.416 e. The summed E-state index contributed by atoms with van der Waals surface area (Å²) in [5.74, 6) is 0.636. The Hall–Kier alpha value is -2.80. The third-order valence-corrected chi connectivity index (χ3v) is 4.46. The number of hydrogen-bond acceptors (Lipinski definition) is 6. The normalized spacial score (nSPS) is 10.5. The van der Waals surface area contributed by atoms with E-state index in [1.165, 1.54) is 11.8 Å². The Morgan fingerprint density at radius 1 is 1.08 bits per heavy atom. The predicted molar refractivity (Wildman–Crippen MR) is 104 cm³/mol. The zero-order valence-corrected chi connectivity index (χ0v) is 15.5. The van der Waals surface area contributed by atoms with Crippen molar-refractivity contribution in [2.24, 2.45) is 0 Å². The van der Waals surface area contributed by atoms with E-state index in [-0.39, 0.29) is 11.7 Å². The lowest BCUT2D eigenvalue weighted by Gasteiger charge is -2.12. The SMILES string of the molecule is CN(C)c1ccc(NC(=O)CSc2nnc(Cc3ccccc3)o2)cc1. The van der Waals surface area contributed by atoms with E-state index >= 15 is 0 Å². The Labute approximate surface area is 156 Å². The van der Waals surface area contributed by atoms with E-state index in [2.05, 4.69) is 15.5 Å². The van der Waals surface area contributed by atoms with E-state index in [0.29, 0.717) is 17.5 Å². The molecule has 0 saturated heterocycles. The summed E-state index contributed by atoms with van der Waals surface area (Å²) < 4.78 is 5.59. The summed E-state index contributed by atoms with van der Waals surface area (Å²) in [6, 6.07) is 17.6. The molecule has 6 nitrogen and oxygen atoms in total. The van der Waals surface area contributed by atoms with Crippen LogP contribution in [0.1, 0.15) is 11.5 Å². The summed E-state index contributed by atoms with van der Waals surface area (Å²) in [5, 5.41) is 11.3. The number of nitrogens with zero attached hydrogens (tertiary/aromatic N) is 3. The van der Waals surface area contributed by atoms with E-state index in [0.717, 1.165) is 16.9 Å². The molecule has 0 fully saturated rings. The maximum Gasteiger partial charge on any atom is 0.277 e. The van der Waals surface area contributed by atoms with Gasteiger partial charge in [0.15, 0.2) is 0 Å². The summed E-state index contributed by atoms with van der Waals surface area (Å²) in [7, 11) is 3.95. The molecule has 1 amide bonds. The molecule has 26 heavy (non-hydrogen) atoms. The number of benzene rings is 2. The smallest absolute Gasteiger partial charge is 0.277 e. The number of anilines is 2. The lowest BCUT2D eigenvalue weighted by molar-refractivity contribution is -0.113. The quantitative estimate of drug-likeness (QED) is 0.644. The van der Waals surface area contributed by atoms with Crippen LogP contribution in [0.2, 0.25) is 0 Å². The predicted octanol–water partition coefficient (Wildman–Crippen LogP) is 3.46. The van der Waals surface area contributed by atoms with Crippen molar-refractivity contribution in [2.75, 3.05) is 30.1 Å². The van der Waals surface area contributed by atoms with Crippen molar-refractivity contribution in [1.29, 1.82) is 0 Å². The maximum atomic E-state index is 12.1. The van der Waals surface area contributed by atoms with Crippen LogP contribution < -0.4 is 10.2 Å². The fourth-order valence-electron chi connectivity index (χ4n) is 2.31. The van der Waals surface area contributed by atoms with E-state index < -0.39 is 0 Å². The fourth-order valence-corrected chi connectivity index (χ4v) is 2.89. The molecule has 0 aliphatic carbocycles. The molecule has 1 heterocycles. The van der Waals surface area contributed by atoms with Crippen LogP contribution in [0.15, 0.2) is 64.2 Å². The highest BCUT2D eigenvalue weighted by molar-refractivity contribution is 7.99. The molecule has 3 aromatic rings. The Morgan fingerprint density at radius 3 is 2.50 bits per heavy atom. The minimum absolute atomic E-state index is 0.115. The lowest BCUT2D eigenvalue weighted by atomic mass is 10.2. The van der Waals surface area contributed by atoms with E-state index in [4.69, 9.17) is 4.42 Å². The number of carbonyl (C=O) groups excluding carboxylic acids is 1. The van der Waals surface area contributed by atoms with Crippen LogP contribution in [0.4, 0.5) is 11.4 Å². The highest BCUT2D eigenvalue weighted by atomic mass is 32.2. The van der Waals surface area contributed by atoms with E-state index in [1.807, 2.05) is 73.6 Å². The molecule has 134 valence electrons. The number of nitrogens with one attached hydrogen (secondary N) is 1. The molecule has 0 bridgehead atoms. The van der Waals surface area contributed by atoms with Gasteiger partial charge in [0.25, 0.3) is 5.22 Å². The second-order valence-corrected chi connectivity index (χ2v) is 6.83. The number of hydrogen-bond donors (Lipinski definition) is 1. The molecule has 7 heteroatoms. The Morgan fingerprint density at radius 2 is 1.81 bits per heavy atom. The first-order valence-electron chi connectivity index (χ1n) is 8.16. The minimum atomic E-state index is -0.115. The third-order valence-electron chi connectivity index (χ3n) is 3.64. The number of thioether (sulfide) groups is 1. The zero-order chi connectivity index (χ0) is 18.4. The molecule has 0 aliphatic heterocycles. The number of rotatable bonds is 7. The van der Waals surface area contributed by atoms with Crippen LogP contribution in [0.25, 0.3) is 0 Å². The second kappa shape index (κ2) is 8.53. The van der Waals surface area contributed by atoms with Gasteiger partial charge in [-0.15, -0.1) is 10.2 Å². The molecule has 0 aliphatic rings. The summed E-state index contributed by atoms with van der Waals surface area (Å²) in [6.07, 6.45) is 0.582. The van der Waals surface area contributed by atoms with Crippen LogP contribution in [0, 0.1) is 0 Å². The summed E-state index contributed by atoms with van der Waals surface area (Å²) in [6.45, 7) is 0. The van der Waals surface area contributed by atoms with Crippen molar-refractivity contribution in [3.8, 4) is 0 Å². The van der Waals surface area contributed by atoms with Crippen molar-refractivity contribution in [3.63, 3.8) is 0 Å². The van der Waals surface area contributed by atoms with Gasteiger partial charge in [-0.25, -0.2) is 0 Å². The van der Waals surface area contributed by atoms with Crippen LogP contribution in [0.5, 0.6) is 0 Å². The third kappa shape index (κ3) is 5.10. The topological polar surface area (TPSA) is 71.3 Å². The van der Waals surface area contributed by atoms with Gasteiger partial charge in [0, 0.05) is 25.5 Å². The average molecular weight is 368 g/mol. The Balaban J connectivity index is 1.48. The molecule has 2 aromatic carbocycles. The van der Waals surface area contributed by atoms with Crippen LogP contribution >= 0.6 is 11.8 Å². The molecular formula is C19H20N4O2S. The average Bonchev–Trinajstić information content (AvgIpc) is 3.09. The standard InChI is InChI=1S/C19H20N4O2S/c1-23(2)16-10-8-15(9-11-16)20-17(24)13-26-19-22-21-18(25-19)12-14-6-4-3-5-7-14/h3-11H,12-13H2,1-2H3,(H,20,24). The van der Waals surface area contributed by atoms with Gasteiger partial charge in [0.05, 0.1) is 12.2 Å². The Kier molecular flexibility index (Phi) is 5.91. The van der Waals surface area contributed by atoms with Crippen LogP contribution in [-0.2, 0) is 11.2 Å². The molecule has 1 N–H and O–H groups in total. The van der Waals surface area contributed by atoms with Crippen molar-refractivity contribution in [1.82, 2.24) is 10.2 Å². The maximum absolute atomic E-state index is 12.1. The lowest BCUT2D eigenvalue weighted by Crippen LogP contribution is -2.14.